The average molecular weight is 223 g/mol. The Morgan fingerprint density at radius 3 is 3.06 bits per heavy atom. The molecular formula is C14H25NO. The predicted molar refractivity (Wildman–Crippen MR) is 67.6 cm³/mol. The number of hydrogen-bond donors (Lipinski definition) is 1. The Morgan fingerprint density at radius 2 is 2.44 bits per heavy atom. The molecule has 0 amide bonds. The Kier molecular flexibility index (Phi) is 4.86. The summed E-state index contributed by atoms with van der Waals surface area (Å²) >= 11 is 0. The SMILES string of the molecule is CCCNC(C1=CCCC1)C1CCCOC1. The van der Waals surface area contributed by atoms with Crippen molar-refractivity contribution in [2.24, 2.45) is 5.92 Å². The molecule has 0 bridgehead atoms. The third-order valence-electron chi connectivity index (χ3n) is 3.76. The van der Waals surface area contributed by atoms with Crippen molar-refractivity contribution in [2.75, 3.05) is 19.8 Å². The van der Waals surface area contributed by atoms with Gasteiger partial charge in [0, 0.05) is 18.6 Å². The van der Waals surface area contributed by atoms with Gasteiger partial charge in [0.05, 0.1) is 6.61 Å². The van der Waals surface area contributed by atoms with Gasteiger partial charge >= 0.3 is 0 Å². The van der Waals surface area contributed by atoms with Crippen molar-refractivity contribution in [1.29, 1.82) is 0 Å². The molecule has 2 nitrogen and oxygen atoms in total. The predicted octanol–water partition coefficient (Wildman–Crippen LogP) is 2.89. The monoisotopic (exact) mass is 223 g/mol. The summed E-state index contributed by atoms with van der Waals surface area (Å²) < 4.78 is 5.64. The lowest BCUT2D eigenvalue weighted by molar-refractivity contribution is 0.0441. The first-order valence-electron chi connectivity index (χ1n) is 6.92. The summed E-state index contributed by atoms with van der Waals surface area (Å²) in [6.45, 7) is 5.30. The van der Waals surface area contributed by atoms with Crippen LogP contribution in [0.25, 0.3) is 0 Å². The van der Waals surface area contributed by atoms with Gasteiger partial charge in [-0.25, -0.2) is 0 Å². The smallest absolute Gasteiger partial charge is 0.0512 e. The van der Waals surface area contributed by atoms with E-state index in [1.165, 1.54) is 38.5 Å². The van der Waals surface area contributed by atoms with E-state index in [0.29, 0.717) is 12.0 Å². The third-order valence-corrected chi connectivity index (χ3v) is 3.76. The fraction of sp³-hybridized carbons (Fsp3) is 0.857. The molecule has 92 valence electrons. The van der Waals surface area contributed by atoms with E-state index in [1.807, 2.05) is 0 Å². The van der Waals surface area contributed by atoms with Gasteiger partial charge in [0.1, 0.15) is 0 Å². The van der Waals surface area contributed by atoms with Crippen molar-refractivity contribution in [3.63, 3.8) is 0 Å². The molecule has 0 saturated carbocycles. The van der Waals surface area contributed by atoms with Crippen LogP contribution in [0.4, 0.5) is 0 Å². The molecule has 0 aromatic carbocycles. The van der Waals surface area contributed by atoms with Gasteiger partial charge in [-0.1, -0.05) is 18.6 Å². The highest BCUT2D eigenvalue weighted by Crippen LogP contribution is 2.28. The topological polar surface area (TPSA) is 21.3 Å². The molecule has 0 aromatic heterocycles. The third kappa shape index (κ3) is 3.08. The van der Waals surface area contributed by atoms with Crippen molar-refractivity contribution < 1.29 is 4.74 Å². The molecule has 1 saturated heterocycles. The summed E-state index contributed by atoms with van der Waals surface area (Å²) in [7, 11) is 0. The van der Waals surface area contributed by atoms with Crippen LogP contribution in [0, 0.1) is 5.92 Å². The average Bonchev–Trinajstić information content (AvgIpc) is 2.85. The van der Waals surface area contributed by atoms with E-state index in [0.717, 1.165) is 19.8 Å². The first-order valence-corrected chi connectivity index (χ1v) is 6.92. The van der Waals surface area contributed by atoms with Crippen LogP contribution in [0.3, 0.4) is 0 Å². The van der Waals surface area contributed by atoms with Crippen LogP contribution in [0.15, 0.2) is 11.6 Å². The molecular weight excluding hydrogens is 198 g/mol. The summed E-state index contributed by atoms with van der Waals surface area (Å²) in [5.41, 5.74) is 1.66. The van der Waals surface area contributed by atoms with E-state index in [2.05, 4.69) is 18.3 Å². The Hall–Kier alpha value is -0.340. The molecule has 1 fully saturated rings. The first kappa shape index (κ1) is 12.1. The maximum Gasteiger partial charge on any atom is 0.0512 e. The van der Waals surface area contributed by atoms with Gasteiger partial charge in [-0.05, 0) is 45.1 Å². The van der Waals surface area contributed by atoms with Crippen molar-refractivity contribution >= 4 is 0 Å². The van der Waals surface area contributed by atoms with Gasteiger partial charge < -0.3 is 10.1 Å². The zero-order chi connectivity index (χ0) is 11.2. The van der Waals surface area contributed by atoms with Gasteiger partial charge in [0.15, 0.2) is 0 Å². The van der Waals surface area contributed by atoms with Gasteiger partial charge in [-0.3, -0.25) is 0 Å². The van der Waals surface area contributed by atoms with Crippen molar-refractivity contribution in [3.05, 3.63) is 11.6 Å². The normalized spacial score (nSPS) is 27.8. The highest BCUT2D eigenvalue weighted by atomic mass is 16.5. The number of allylic oxidation sites excluding steroid dienone is 1. The standard InChI is InChI=1S/C14H25NO/c1-2-9-15-14(12-6-3-4-7-12)13-8-5-10-16-11-13/h6,13-15H,2-5,7-11H2,1H3. The molecule has 1 aliphatic carbocycles. The van der Waals surface area contributed by atoms with E-state index < -0.39 is 0 Å². The zero-order valence-electron chi connectivity index (χ0n) is 10.5. The van der Waals surface area contributed by atoms with E-state index in [1.54, 1.807) is 5.57 Å². The minimum atomic E-state index is 0.600. The number of nitrogens with one attached hydrogen (secondary N) is 1. The molecule has 2 rings (SSSR count). The number of ether oxygens (including phenoxy) is 1. The molecule has 2 atom stereocenters. The largest absolute Gasteiger partial charge is 0.381 e. The number of rotatable bonds is 5. The van der Waals surface area contributed by atoms with Gasteiger partial charge in [-0.15, -0.1) is 0 Å². The molecule has 1 heterocycles. The van der Waals surface area contributed by atoms with Crippen LogP contribution in [0.2, 0.25) is 0 Å². The Balaban J connectivity index is 1.94. The van der Waals surface area contributed by atoms with Gasteiger partial charge in [0.25, 0.3) is 0 Å². The second-order valence-corrected chi connectivity index (χ2v) is 5.08. The van der Waals surface area contributed by atoms with Gasteiger partial charge in [0.2, 0.25) is 0 Å². The first-order chi connectivity index (χ1) is 7.92. The van der Waals surface area contributed by atoms with E-state index in [9.17, 15) is 0 Å². The molecule has 2 unspecified atom stereocenters. The van der Waals surface area contributed by atoms with Crippen LogP contribution in [0.5, 0.6) is 0 Å². The fourth-order valence-electron chi connectivity index (χ4n) is 2.91. The Bertz CT molecular complexity index is 231. The lowest BCUT2D eigenvalue weighted by Crippen LogP contribution is -2.41. The van der Waals surface area contributed by atoms with Crippen LogP contribution < -0.4 is 5.32 Å². The second-order valence-electron chi connectivity index (χ2n) is 5.08. The maximum absolute atomic E-state index is 5.64. The summed E-state index contributed by atoms with van der Waals surface area (Å²) in [5, 5.41) is 3.73. The van der Waals surface area contributed by atoms with Crippen molar-refractivity contribution in [2.45, 2.75) is 51.5 Å². The van der Waals surface area contributed by atoms with Crippen LogP contribution >= 0.6 is 0 Å². The molecule has 1 aliphatic heterocycles. The van der Waals surface area contributed by atoms with Crippen LogP contribution in [-0.4, -0.2) is 25.8 Å². The summed E-state index contributed by atoms with van der Waals surface area (Å²) in [4.78, 5) is 0. The fourth-order valence-corrected chi connectivity index (χ4v) is 2.91. The Labute approximate surface area is 99.4 Å². The van der Waals surface area contributed by atoms with E-state index >= 15 is 0 Å². The van der Waals surface area contributed by atoms with Crippen molar-refractivity contribution in [3.8, 4) is 0 Å². The quantitative estimate of drug-likeness (QED) is 0.724. The molecule has 2 heteroatoms. The number of hydrogen-bond acceptors (Lipinski definition) is 2. The lowest BCUT2D eigenvalue weighted by Gasteiger charge is -2.32. The molecule has 2 aliphatic rings. The molecule has 16 heavy (non-hydrogen) atoms. The molecule has 0 spiro atoms. The molecule has 0 radical (unpaired) electrons. The summed E-state index contributed by atoms with van der Waals surface area (Å²) in [5.74, 6) is 0.713. The lowest BCUT2D eigenvalue weighted by atomic mass is 9.88. The highest BCUT2D eigenvalue weighted by molar-refractivity contribution is 5.17. The van der Waals surface area contributed by atoms with Crippen LogP contribution in [-0.2, 0) is 4.74 Å². The Morgan fingerprint density at radius 1 is 1.50 bits per heavy atom. The van der Waals surface area contributed by atoms with Crippen LogP contribution in [0.1, 0.15) is 45.4 Å². The zero-order valence-corrected chi connectivity index (χ0v) is 10.5. The highest BCUT2D eigenvalue weighted by Gasteiger charge is 2.27. The molecule has 1 N–H and O–H groups in total. The van der Waals surface area contributed by atoms with Crippen molar-refractivity contribution in [1.82, 2.24) is 5.32 Å². The minimum absolute atomic E-state index is 0.600. The maximum atomic E-state index is 5.64. The summed E-state index contributed by atoms with van der Waals surface area (Å²) in [6, 6.07) is 0.600. The van der Waals surface area contributed by atoms with E-state index in [-0.39, 0.29) is 0 Å². The van der Waals surface area contributed by atoms with E-state index in [4.69, 9.17) is 4.74 Å². The minimum Gasteiger partial charge on any atom is -0.381 e. The second kappa shape index (κ2) is 6.41. The summed E-state index contributed by atoms with van der Waals surface area (Å²) in [6.07, 6.45) is 10.2. The molecule has 0 aromatic rings. The van der Waals surface area contributed by atoms with Gasteiger partial charge in [-0.2, -0.15) is 0 Å².